The quantitative estimate of drug-likeness (QED) is 0.814. The lowest BCUT2D eigenvalue weighted by Crippen LogP contribution is -2.26. The van der Waals surface area contributed by atoms with Gasteiger partial charge in [-0.05, 0) is 30.3 Å². The van der Waals surface area contributed by atoms with Crippen molar-refractivity contribution < 1.29 is 13.9 Å². The van der Waals surface area contributed by atoms with E-state index in [-0.39, 0.29) is 11.7 Å². The molecule has 2 aromatic rings. The van der Waals surface area contributed by atoms with Gasteiger partial charge in [-0.1, -0.05) is 18.2 Å². The molecule has 2 aromatic carbocycles. The number of aliphatic imine (C=N–C) groups is 1. The van der Waals surface area contributed by atoms with Gasteiger partial charge in [0.15, 0.2) is 0 Å². The van der Waals surface area contributed by atoms with Crippen LogP contribution in [0.4, 0.5) is 10.1 Å². The van der Waals surface area contributed by atoms with Crippen molar-refractivity contribution in [2.24, 2.45) is 4.99 Å². The Morgan fingerprint density at radius 1 is 1.14 bits per heavy atom. The zero-order chi connectivity index (χ0) is 15.5. The third-order valence-electron chi connectivity index (χ3n) is 3.47. The molecule has 0 spiro atoms. The number of anilines is 1. The third-order valence-corrected chi connectivity index (χ3v) is 3.47. The summed E-state index contributed by atoms with van der Waals surface area (Å²) in [4.78, 5) is 18.1. The van der Waals surface area contributed by atoms with Crippen molar-refractivity contribution >= 4 is 17.3 Å². The molecule has 0 N–H and O–H groups in total. The number of likely N-dealkylation sites (N-methyl/N-ethyl adjacent to an activating group) is 1. The highest BCUT2D eigenvalue weighted by atomic mass is 19.1. The molecule has 1 heterocycles. The van der Waals surface area contributed by atoms with E-state index in [2.05, 4.69) is 4.99 Å². The molecule has 0 aromatic heterocycles. The number of hydrogen-bond donors (Lipinski definition) is 0. The molecule has 0 unspecified atom stereocenters. The number of carbonyl (C=O) groups is 1. The minimum Gasteiger partial charge on any atom is -0.492 e. The van der Waals surface area contributed by atoms with E-state index in [1.54, 1.807) is 24.1 Å². The van der Waals surface area contributed by atoms with Crippen LogP contribution < -0.4 is 9.64 Å². The molecule has 0 saturated heterocycles. The van der Waals surface area contributed by atoms with E-state index in [1.807, 2.05) is 24.3 Å². The molecule has 0 fully saturated rings. The fourth-order valence-electron chi connectivity index (χ4n) is 2.35. The predicted molar refractivity (Wildman–Crippen MR) is 83.2 cm³/mol. The number of nitrogens with zero attached hydrogens (tertiary/aromatic N) is 2. The molecule has 22 heavy (non-hydrogen) atoms. The number of amides is 1. The summed E-state index contributed by atoms with van der Waals surface area (Å²) in [5.41, 5.74) is 2.17. The number of halogens is 1. The van der Waals surface area contributed by atoms with Crippen LogP contribution in [0.25, 0.3) is 0 Å². The third kappa shape index (κ3) is 2.70. The number of rotatable bonds is 4. The Bertz CT molecular complexity index is 726. The van der Waals surface area contributed by atoms with Crippen molar-refractivity contribution in [3.8, 4) is 5.75 Å². The molecule has 0 saturated carbocycles. The minimum absolute atomic E-state index is 0.108. The molecule has 112 valence electrons. The summed E-state index contributed by atoms with van der Waals surface area (Å²) in [5, 5.41) is 0. The van der Waals surface area contributed by atoms with Crippen molar-refractivity contribution in [3.05, 3.63) is 59.9 Å². The maximum absolute atomic E-state index is 12.8. The largest absolute Gasteiger partial charge is 0.492 e. The van der Waals surface area contributed by atoms with Crippen LogP contribution in [0.2, 0.25) is 0 Å². The highest BCUT2D eigenvalue weighted by molar-refractivity contribution is 6.54. The second kappa shape index (κ2) is 5.97. The van der Waals surface area contributed by atoms with E-state index in [9.17, 15) is 9.18 Å². The minimum atomic E-state index is -0.302. The Hall–Kier alpha value is -2.69. The highest BCUT2D eigenvalue weighted by Gasteiger charge is 2.30. The molecular weight excluding hydrogens is 283 g/mol. The maximum Gasteiger partial charge on any atom is 0.276 e. The molecule has 1 aliphatic heterocycles. The smallest absolute Gasteiger partial charge is 0.276 e. The predicted octanol–water partition coefficient (Wildman–Crippen LogP) is 2.67. The van der Waals surface area contributed by atoms with Gasteiger partial charge in [0.05, 0.1) is 12.2 Å². The van der Waals surface area contributed by atoms with Crippen LogP contribution in [-0.4, -0.2) is 31.8 Å². The van der Waals surface area contributed by atoms with Crippen molar-refractivity contribution in [3.63, 3.8) is 0 Å². The average molecular weight is 298 g/mol. The number of fused-ring (bicyclic) bond motifs is 1. The number of hydrogen-bond acceptors (Lipinski definition) is 3. The summed E-state index contributed by atoms with van der Waals surface area (Å²) in [6, 6.07) is 13.4. The van der Waals surface area contributed by atoms with Gasteiger partial charge >= 0.3 is 0 Å². The number of benzene rings is 2. The summed E-state index contributed by atoms with van der Waals surface area (Å²) < 4.78 is 18.3. The molecule has 1 aliphatic rings. The van der Waals surface area contributed by atoms with Crippen LogP contribution in [0.5, 0.6) is 5.75 Å². The first-order valence-corrected chi connectivity index (χ1v) is 6.97. The first kappa shape index (κ1) is 14.3. The van der Waals surface area contributed by atoms with Gasteiger partial charge in [0.2, 0.25) is 0 Å². The van der Waals surface area contributed by atoms with Gasteiger partial charge in [-0.25, -0.2) is 4.39 Å². The van der Waals surface area contributed by atoms with Gasteiger partial charge in [-0.15, -0.1) is 0 Å². The number of ether oxygens (including phenoxy) is 1. The second-order valence-electron chi connectivity index (χ2n) is 4.91. The second-order valence-corrected chi connectivity index (χ2v) is 4.91. The molecule has 1 amide bonds. The lowest BCUT2D eigenvalue weighted by molar-refractivity contribution is -0.111. The first-order valence-electron chi connectivity index (χ1n) is 6.97. The van der Waals surface area contributed by atoms with E-state index in [0.29, 0.717) is 24.6 Å². The standard InChI is InChI=1S/C17H15FN2O2/c1-20-15-5-3-2-4-14(15)16(17(20)21)19-10-11-22-13-8-6-12(18)7-9-13/h2-9H,10-11H2,1H3. The van der Waals surface area contributed by atoms with E-state index >= 15 is 0 Å². The summed E-state index contributed by atoms with van der Waals surface area (Å²) in [7, 11) is 1.73. The summed E-state index contributed by atoms with van der Waals surface area (Å²) in [6.07, 6.45) is 0. The lowest BCUT2D eigenvalue weighted by atomic mass is 10.1. The van der Waals surface area contributed by atoms with Gasteiger partial charge in [-0.3, -0.25) is 9.79 Å². The molecular formula is C17H15FN2O2. The van der Waals surface area contributed by atoms with Crippen LogP contribution in [0, 0.1) is 5.82 Å². The summed E-state index contributed by atoms with van der Waals surface area (Å²) >= 11 is 0. The Morgan fingerprint density at radius 2 is 1.86 bits per heavy atom. The Kier molecular flexibility index (Phi) is 3.87. The summed E-state index contributed by atoms with van der Waals surface area (Å²) in [5.74, 6) is 0.170. The highest BCUT2D eigenvalue weighted by Crippen LogP contribution is 2.27. The molecule has 0 aliphatic carbocycles. The van der Waals surface area contributed by atoms with Gasteiger partial charge < -0.3 is 9.64 Å². The molecule has 0 atom stereocenters. The van der Waals surface area contributed by atoms with E-state index in [1.165, 1.54) is 12.1 Å². The Balaban J connectivity index is 1.66. The van der Waals surface area contributed by atoms with Crippen LogP contribution in [0.1, 0.15) is 5.56 Å². The Labute approximate surface area is 127 Å². The van der Waals surface area contributed by atoms with Crippen molar-refractivity contribution in [2.75, 3.05) is 25.1 Å². The van der Waals surface area contributed by atoms with E-state index in [4.69, 9.17) is 4.74 Å². The maximum atomic E-state index is 12.8. The number of para-hydroxylation sites is 1. The van der Waals surface area contributed by atoms with Gasteiger partial charge in [-0.2, -0.15) is 0 Å². The average Bonchev–Trinajstić information content (AvgIpc) is 2.78. The molecule has 0 radical (unpaired) electrons. The van der Waals surface area contributed by atoms with Crippen molar-refractivity contribution in [2.45, 2.75) is 0 Å². The van der Waals surface area contributed by atoms with E-state index < -0.39 is 0 Å². The molecule has 4 nitrogen and oxygen atoms in total. The van der Waals surface area contributed by atoms with Crippen molar-refractivity contribution in [1.29, 1.82) is 0 Å². The molecule has 5 heteroatoms. The summed E-state index contributed by atoms with van der Waals surface area (Å²) in [6.45, 7) is 0.689. The normalized spacial score (nSPS) is 15.3. The monoisotopic (exact) mass is 298 g/mol. The van der Waals surface area contributed by atoms with Crippen molar-refractivity contribution in [1.82, 2.24) is 0 Å². The topological polar surface area (TPSA) is 41.9 Å². The lowest BCUT2D eigenvalue weighted by Gasteiger charge is -2.07. The molecule has 0 bridgehead atoms. The van der Waals surface area contributed by atoms with Crippen LogP contribution >= 0.6 is 0 Å². The van der Waals surface area contributed by atoms with Gasteiger partial charge in [0.25, 0.3) is 5.91 Å². The van der Waals surface area contributed by atoms with E-state index in [0.717, 1.165) is 11.3 Å². The zero-order valence-corrected chi connectivity index (χ0v) is 12.1. The van der Waals surface area contributed by atoms with Gasteiger partial charge in [0, 0.05) is 12.6 Å². The fraction of sp³-hybridized carbons (Fsp3) is 0.176. The fourth-order valence-corrected chi connectivity index (χ4v) is 2.35. The first-order chi connectivity index (χ1) is 10.7. The van der Waals surface area contributed by atoms with Crippen LogP contribution in [0.15, 0.2) is 53.5 Å². The Morgan fingerprint density at radius 3 is 2.64 bits per heavy atom. The van der Waals surface area contributed by atoms with Crippen LogP contribution in [0.3, 0.4) is 0 Å². The number of carbonyl (C=O) groups excluding carboxylic acids is 1. The van der Waals surface area contributed by atoms with Crippen LogP contribution in [-0.2, 0) is 4.79 Å². The SMILES string of the molecule is CN1C(=O)C(=NCCOc2ccc(F)cc2)c2ccccc21. The zero-order valence-electron chi connectivity index (χ0n) is 12.1. The molecule has 3 rings (SSSR count). The van der Waals surface area contributed by atoms with Gasteiger partial charge in [0.1, 0.15) is 23.9 Å².